The number of imide groups is 1. The molecule has 1 aromatic rings. The first kappa shape index (κ1) is 10.6. The standard InChI is InChI=1S/C11H10N4O3/c16-9-7-5(1-3-12-7)6(2-4-13-9)8-10(17)15-11(18)14-8/h1,3,12H,2,4H2,(H,13,16)(H2,14,15,17,18). The van der Waals surface area contributed by atoms with Crippen molar-refractivity contribution in [3.8, 4) is 0 Å². The van der Waals surface area contributed by atoms with Crippen LogP contribution in [0.25, 0.3) is 5.57 Å². The maximum atomic E-state index is 11.7. The van der Waals surface area contributed by atoms with Gasteiger partial charge in [-0.15, -0.1) is 0 Å². The van der Waals surface area contributed by atoms with E-state index in [1.807, 2.05) is 0 Å². The highest BCUT2D eigenvalue weighted by molar-refractivity contribution is 6.16. The number of fused-ring (bicyclic) bond motifs is 1. The molecule has 4 N–H and O–H groups in total. The van der Waals surface area contributed by atoms with Gasteiger partial charge in [0.2, 0.25) is 0 Å². The molecule has 2 aliphatic rings. The van der Waals surface area contributed by atoms with E-state index < -0.39 is 11.9 Å². The molecule has 1 aromatic heterocycles. The zero-order valence-corrected chi connectivity index (χ0v) is 9.29. The molecule has 1 saturated heterocycles. The average Bonchev–Trinajstić information content (AvgIpc) is 2.88. The van der Waals surface area contributed by atoms with E-state index in [9.17, 15) is 14.4 Å². The van der Waals surface area contributed by atoms with E-state index in [2.05, 4.69) is 20.9 Å². The zero-order chi connectivity index (χ0) is 12.7. The summed E-state index contributed by atoms with van der Waals surface area (Å²) in [6.45, 7) is 0.420. The van der Waals surface area contributed by atoms with Crippen LogP contribution in [0, 0.1) is 0 Å². The molecule has 0 aromatic carbocycles. The molecule has 18 heavy (non-hydrogen) atoms. The molecule has 92 valence electrons. The molecular formula is C11H10N4O3. The number of carbonyl (C=O) groups excluding carboxylic acids is 3. The highest BCUT2D eigenvalue weighted by atomic mass is 16.2. The average molecular weight is 246 g/mol. The van der Waals surface area contributed by atoms with Crippen LogP contribution in [0.15, 0.2) is 18.0 Å². The second-order valence-electron chi connectivity index (χ2n) is 4.03. The van der Waals surface area contributed by atoms with Crippen LogP contribution in [-0.2, 0) is 4.79 Å². The third-order valence-electron chi connectivity index (χ3n) is 2.95. The van der Waals surface area contributed by atoms with E-state index >= 15 is 0 Å². The quantitative estimate of drug-likeness (QED) is 0.373. The Morgan fingerprint density at radius 3 is 2.61 bits per heavy atom. The van der Waals surface area contributed by atoms with Gasteiger partial charge in [-0.3, -0.25) is 14.9 Å². The summed E-state index contributed by atoms with van der Waals surface area (Å²) in [6.07, 6.45) is 2.12. The topological polar surface area (TPSA) is 103 Å². The lowest BCUT2D eigenvalue weighted by Gasteiger charge is -2.05. The number of hydrogen-bond acceptors (Lipinski definition) is 3. The second-order valence-corrected chi connectivity index (χ2v) is 4.03. The summed E-state index contributed by atoms with van der Waals surface area (Å²) in [4.78, 5) is 37.3. The van der Waals surface area contributed by atoms with Gasteiger partial charge >= 0.3 is 6.03 Å². The Balaban J connectivity index is 2.16. The van der Waals surface area contributed by atoms with E-state index in [1.165, 1.54) is 0 Å². The number of amides is 4. The fourth-order valence-electron chi connectivity index (χ4n) is 2.17. The molecule has 0 unspecified atom stereocenters. The molecular weight excluding hydrogens is 236 g/mol. The molecule has 3 rings (SSSR count). The van der Waals surface area contributed by atoms with Crippen LogP contribution in [0.4, 0.5) is 4.79 Å². The molecule has 7 nitrogen and oxygen atoms in total. The van der Waals surface area contributed by atoms with E-state index in [1.54, 1.807) is 12.3 Å². The largest absolute Gasteiger partial charge is 0.357 e. The number of aromatic nitrogens is 1. The molecule has 0 spiro atoms. The van der Waals surface area contributed by atoms with Gasteiger partial charge in [-0.25, -0.2) is 4.79 Å². The Labute approximate surface area is 102 Å². The first-order valence-electron chi connectivity index (χ1n) is 5.48. The molecule has 0 saturated carbocycles. The van der Waals surface area contributed by atoms with Gasteiger partial charge in [0.05, 0.1) is 0 Å². The van der Waals surface area contributed by atoms with Crippen molar-refractivity contribution in [1.82, 2.24) is 20.9 Å². The van der Waals surface area contributed by atoms with Crippen molar-refractivity contribution in [2.45, 2.75) is 6.42 Å². The van der Waals surface area contributed by atoms with E-state index in [-0.39, 0.29) is 11.6 Å². The highest BCUT2D eigenvalue weighted by Crippen LogP contribution is 2.27. The second kappa shape index (κ2) is 3.73. The Morgan fingerprint density at radius 2 is 1.89 bits per heavy atom. The van der Waals surface area contributed by atoms with Crippen molar-refractivity contribution in [3.63, 3.8) is 0 Å². The lowest BCUT2D eigenvalue weighted by molar-refractivity contribution is -0.115. The number of urea groups is 1. The molecule has 1 fully saturated rings. The van der Waals surface area contributed by atoms with Gasteiger partial charge in [0, 0.05) is 18.3 Å². The van der Waals surface area contributed by atoms with Gasteiger partial charge in [0.1, 0.15) is 11.4 Å². The van der Waals surface area contributed by atoms with Crippen molar-refractivity contribution in [3.05, 3.63) is 29.2 Å². The maximum Gasteiger partial charge on any atom is 0.326 e. The summed E-state index contributed by atoms with van der Waals surface area (Å²) in [6, 6.07) is 1.18. The Morgan fingerprint density at radius 1 is 1.06 bits per heavy atom. The fraction of sp³-hybridized carbons (Fsp3) is 0.182. The molecule has 0 aliphatic carbocycles. The van der Waals surface area contributed by atoms with Crippen molar-refractivity contribution < 1.29 is 14.4 Å². The van der Waals surface area contributed by atoms with Crippen molar-refractivity contribution in [2.75, 3.05) is 6.54 Å². The minimum atomic E-state index is -0.539. The number of carbonyl (C=O) groups is 3. The third-order valence-corrected chi connectivity index (χ3v) is 2.95. The van der Waals surface area contributed by atoms with Gasteiger partial charge in [0.15, 0.2) is 0 Å². The third kappa shape index (κ3) is 1.48. The number of H-pyrrole nitrogens is 1. The molecule has 0 atom stereocenters. The van der Waals surface area contributed by atoms with Crippen molar-refractivity contribution in [1.29, 1.82) is 0 Å². The summed E-state index contributed by atoms with van der Waals surface area (Å²) in [7, 11) is 0. The van der Waals surface area contributed by atoms with E-state index in [0.717, 1.165) is 0 Å². The van der Waals surface area contributed by atoms with Crippen LogP contribution < -0.4 is 16.0 Å². The SMILES string of the molecule is O=C1NC(=O)C(=C2CCNC(=O)c3[nH]ccc32)N1. The van der Waals surface area contributed by atoms with Crippen LogP contribution in [-0.4, -0.2) is 29.4 Å². The van der Waals surface area contributed by atoms with Crippen LogP contribution in [0.2, 0.25) is 0 Å². The van der Waals surface area contributed by atoms with Crippen LogP contribution in [0.1, 0.15) is 22.5 Å². The first-order valence-corrected chi connectivity index (χ1v) is 5.48. The van der Waals surface area contributed by atoms with E-state index in [4.69, 9.17) is 0 Å². The monoisotopic (exact) mass is 246 g/mol. The minimum Gasteiger partial charge on any atom is -0.357 e. The van der Waals surface area contributed by atoms with Gasteiger partial charge in [-0.05, 0) is 18.1 Å². The van der Waals surface area contributed by atoms with Gasteiger partial charge in [0.25, 0.3) is 11.8 Å². The predicted molar refractivity (Wildman–Crippen MR) is 61.3 cm³/mol. The number of nitrogens with one attached hydrogen (secondary N) is 4. The summed E-state index contributed by atoms with van der Waals surface area (Å²) in [5, 5.41) is 7.35. The molecule has 7 heteroatoms. The van der Waals surface area contributed by atoms with Crippen molar-refractivity contribution in [2.24, 2.45) is 0 Å². The fourth-order valence-corrected chi connectivity index (χ4v) is 2.17. The summed E-state index contributed by atoms with van der Waals surface area (Å²) in [5.41, 5.74) is 1.94. The molecule has 2 aliphatic heterocycles. The highest BCUT2D eigenvalue weighted by Gasteiger charge is 2.30. The Kier molecular flexibility index (Phi) is 2.19. The van der Waals surface area contributed by atoms with Gasteiger partial charge in [-0.1, -0.05) is 0 Å². The molecule has 0 bridgehead atoms. The van der Waals surface area contributed by atoms with Crippen LogP contribution >= 0.6 is 0 Å². The predicted octanol–water partition coefficient (Wildman–Crippen LogP) is -0.301. The van der Waals surface area contributed by atoms with E-state index in [0.29, 0.717) is 29.8 Å². The first-order chi connectivity index (χ1) is 8.66. The summed E-state index contributed by atoms with van der Waals surface area (Å²) in [5.74, 6) is -0.674. The Hall–Kier alpha value is -2.57. The minimum absolute atomic E-state index is 0.213. The molecule has 4 amide bonds. The molecule has 3 heterocycles. The summed E-state index contributed by atoms with van der Waals surface area (Å²) >= 11 is 0. The van der Waals surface area contributed by atoms with Gasteiger partial charge < -0.3 is 15.6 Å². The number of rotatable bonds is 0. The Bertz CT molecular complexity index is 599. The lowest BCUT2D eigenvalue weighted by Crippen LogP contribution is -2.22. The zero-order valence-electron chi connectivity index (χ0n) is 9.29. The normalized spacial score (nSPS) is 23.0. The smallest absolute Gasteiger partial charge is 0.326 e. The summed E-state index contributed by atoms with van der Waals surface area (Å²) < 4.78 is 0. The van der Waals surface area contributed by atoms with Crippen molar-refractivity contribution >= 4 is 23.4 Å². The number of hydrogen-bond donors (Lipinski definition) is 4. The lowest BCUT2D eigenvalue weighted by atomic mass is 10.0. The number of aromatic amines is 1. The van der Waals surface area contributed by atoms with Crippen LogP contribution in [0.3, 0.4) is 0 Å². The maximum absolute atomic E-state index is 11.7. The van der Waals surface area contributed by atoms with Crippen LogP contribution in [0.5, 0.6) is 0 Å². The molecule has 0 radical (unpaired) electrons. The van der Waals surface area contributed by atoms with Gasteiger partial charge in [-0.2, -0.15) is 0 Å².